The van der Waals surface area contributed by atoms with Crippen LogP contribution < -0.4 is 5.32 Å². The predicted molar refractivity (Wildman–Crippen MR) is 55.2 cm³/mol. The van der Waals surface area contributed by atoms with Gasteiger partial charge in [0.15, 0.2) is 0 Å². The third-order valence-corrected chi connectivity index (χ3v) is 2.43. The molecule has 0 fully saturated rings. The Bertz CT molecular complexity index is 161. The highest BCUT2D eigenvalue weighted by atomic mass is 16.4. The Morgan fingerprint density at radius 3 is 2.50 bits per heavy atom. The Labute approximate surface area is 85.3 Å². The van der Waals surface area contributed by atoms with E-state index < -0.39 is 5.97 Å². The fourth-order valence-corrected chi connectivity index (χ4v) is 1.09. The van der Waals surface area contributed by atoms with Crippen LogP contribution in [-0.4, -0.2) is 35.4 Å². The van der Waals surface area contributed by atoms with E-state index in [-0.39, 0.29) is 25.0 Å². The van der Waals surface area contributed by atoms with Crippen molar-refractivity contribution in [1.29, 1.82) is 0 Å². The molecule has 0 heterocycles. The van der Waals surface area contributed by atoms with Crippen LogP contribution in [0.25, 0.3) is 0 Å². The number of carboxylic acid groups (broad SMARTS) is 1. The molecule has 14 heavy (non-hydrogen) atoms. The zero-order valence-corrected chi connectivity index (χ0v) is 8.99. The first-order valence-electron chi connectivity index (χ1n) is 5.14. The topological polar surface area (TPSA) is 69.6 Å². The molecular weight excluding hydrogens is 182 g/mol. The second-order valence-electron chi connectivity index (χ2n) is 3.75. The second-order valence-corrected chi connectivity index (χ2v) is 3.75. The van der Waals surface area contributed by atoms with Crippen molar-refractivity contribution in [3.05, 3.63) is 0 Å². The maximum Gasteiger partial charge on any atom is 0.303 e. The number of carboxylic acids is 1. The zero-order chi connectivity index (χ0) is 11.0. The van der Waals surface area contributed by atoms with Gasteiger partial charge < -0.3 is 15.5 Å². The molecule has 0 aliphatic heterocycles. The summed E-state index contributed by atoms with van der Waals surface area (Å²) in [6.07, 6.45) is 1.82. The molecule has 0 amide bonds. The fourth-order valence-electron chi connectivity index (χ4n) is 1.09. The smallest absolute Gasteiger partial charge is 0.303 e. The van der Waals surface area contributed by atoms with E-state index in [1.54, 1.807) is 0 Å². The van der Waals surface area contributed by atoms with Crippen molar-refractivity contribution in [3.8, 4) is 0 Å². The minimum absolute atomic E-state index is 0.184. The van der Waals surface area contributed by atoms with Gasteiger partial charge in [-0.3, -0.25) is 4.79 Å². The van der Waals surface area contributed by atoms with Crippen molar-refractivity contribution in [2.75, 3.05) is 13.2 Å². The lowest BCUT2D eigenvalue weighted by atomic mass is 10.1. The molecule has 0 aliphatic rings. The largest absolute Gasteiger partial charge is 0.481 e. The van der Waals surface area contributed by atoms with Gasteiger partial charge in [0.25, 0.3) is 0 Å². The quantitative estimate of drug-likeness (QED) is 0.511. The molecule has 0 spiro atoms. The maximum atomic E-state index is 10.2. The number of aliphatic carboxylic acids is 1. The van der Waals surface area contributed by atoms with E-state index in [9.17, 15) is 4.79 Å². The summed E-state index contributed by atoms with van der Waals surface area (Å²) in [4.78, 5) is 10.2. The summed E-state index contributed by atoms with van der Waals surface area (Å²) in [5.74, 6) is -0.490. The monoisotopic (exact) mass is 203 g/mol. The van der Waals surface area contributed by atoms with Crippen LogP contribution in [0.15, 0.2) is 0 Å². The van der Waals surface area contributed by atoms with Crippen LogP contribution in [0, 0.1) is 5.92 Å². The third kappa shape index (κ3) is 6.86. The fraction of sp³-hybridized carbons (Fsp3) is 0.900. The molecule has 0 radical (unpaired) electrons. The number of aliphatic hydroxyl groups excluding tert-OH is 1. The average Bonchev–Trinajstić information content (AvgIpc) is 2.15. The molecular formula is C10H21NO3. The van der Waals surface area contributed by atoms with Gasteiger partial charge in [-0.1, -0.05) is 6.92 Å². The van der Waals surface area contributed by atoms with Gasteiger partial charge in [-0.25, -0.2) is 0 Å². The standard InChI is InChI=1S/C10H21NO3/c1-8(7-12)9(2)11-6-4-3-5-10(13)14/h8-9,11-12H,3-7H2,1-2H3,(H,13,14). The summed E-state index contributed by atoms with van der Waals surface area (Å²) in [6, 6.07) is 0.282. The molecule has 0 aliphatic carbocycles. The van der Waals surface area contributed by atoms with Gasteiger partial charge in [0, 0.05) is 19.1 Å². The Kier molecular flexibility index (Phi) is 7.42. The second kappa shape index (κ2) is 7.76. The number of aliphatic hydroxyl groups is 1. The van der Waals surface area contributed by atoms with Crippen molar-refractivity contribution in [2.24, 2.45) is 5.92 Å². The highest BCUT2D eigenvalue weighted by Crippen LogP contribution is 2.01. The van der Waals surface area contributed by atoms with Gasteiger partial charge in [-0.05, 0) is 32.2 Å². The number of rotatable bonds is 8. The van der Waals surface area contributed by atoms with E-state index in [1.807, 2.05) is 13.8 Å². The van der Waals surface area contributed by atoms with Crippen LogP contribution in [0.2, 0.25) is 0 Å². The molecule has 0 rings (SSSR count). The molecule has 2 unspecified atom stereocenters. The molecule has 2 atom stereocenters. The van der Waals surface area contributed by atoms with E-state index in [0.29, 0.717) is 6.42 Å². The molecule has 3 N–H and O–H groups in total. The number of carbonyl (C=O) groups is 1. The Balaban J connectivity index is 3.31. The van der Waals surface area contributed by atoms with E-state index in [0.717, 1.165) is 13.0 Å². The van der Waals surface area contributed by atoms with Crippen LogP contribution in [0.1, 0.15) is 33.1 Å². The Morgan fingerprint density at radius 2 is 2.00 bits per heavy atom. The summed E-state index contributed by atoms with van der Waals surface area (Å²) >= 11 is 0. The minimum atomic E-state index is -0.734. The Morgan fingerprint density at radius 1 is 1.36 bits per heavy atom. The van der Waals surface area contributed by atoms with Gasteiger partial charge in [0.2, 0.25) is 0 Å². The molecule has 84 valence electrons. The highest BCUT2D eigenvalue weighted by molar-refractivity contribution is 5.66. The molecule has 4 heteroatoms. The van der Waals surface area contributed by atoms with Crippen LogP contribution in [-0.2, 0) is 4.79 Å². The number of nitrogens with one attached hydrogen (secondary N) is 1. The molecule has 4 nitrogen and oxygen atoms in total. The van der Waals surface area contributed by atoms with Gasteiger partial charge in [-0.2, -0.15) is 0 Å². The minimum Gasteiger partial charge on any atom is -0.481 e. The predicted octanol–water partition coefficient (Wildman–Crippen LogP) is 0.848. The first kappa shape index (κ1) is 13.4. The highest BCUT2D eigenvalue weighted by Gasteiger charge is 2.09. The van der Waals surface area contributed by atoms with Crippen LogP contribution in [0.5, 0.6) is 0 Å². The summed E-state index contributed by atoms with van der Waals surface area (Å²) < 4.78 is 0. The Hall–Kier alpha value is -0.610. The van der Waals surface area contributed by atoms with Gasteiger partial charge in [0.05, 0.1) is 0 Å². The average molecular weight is 203 g/mol. The van der Waals surface area contributed by atoms with E-state index in [4.69, 9.17) is 10.2 Å². The summed E-state index contributed by atoms with van der Waals surface area (Å²) in [5.41, 5.74) is 0. The molecule has 0 aromatic heterocycles. The SMILES string of the molecule is CC(CO)C(C)NCCCCC(=O)O. The van der Waals surface area contributed by atoms with Gasteiger partial charge in [0.1, 0.15) is 0 Å². The normalized spacial score (nSPS) is 15.1. The van der Waals surface area contributed by atoms with Gasteiger partial charge >= 0.3 is 5.97 Å². The first-order chi connectivity index (χ1) is 6.57. The molecule has 0 saturated carbocycles. The lowest BCUT2D eigenvalue weighted by molar-refractivity contribution is -0.137. The molecule has 0 aromatic carbocycles. The lowest BCUT2D eigenvalue weighted by Crippen LogP contribution is -2.34. The summed E-state index contributed by atoms with van der Waals surface area (Å²) in [7, 11) is 0. The van der Waals surface area contributed by atoms with E-state index in [2.05, 4.69) is 5.32 Å². The number of unbranched alkanes of at least 4 members (excludes halogenated alkanes) is 1. The lowest BCUT2D eigenvalue weighted by Gasteiger charge is -2.18. The summed E-state index contributed by atoms with van der Waals surface area (Å²) in [6.45, 7) is 5.01. The number of hydrogen-bond acceptors (Lipinski definition) is 3. The maximum absolute atomic E-state index is 10.2. The van der Waals surface area contributed by atoms with Crippen molar-refractivity contribution < 1.29 is 15.0 Å². The van der Waals surface area contributed by atoms with E-state index in [1.165, 1.54) is 0 Å². The zero-order valence-electron chi connectivity index (χ0n) is 8.99. The molecule has 0 saturated heterocycles. The van der Waals surface area contributed by atoms with E-state index >= 15 is 0 Å². The third-order valence-electron chi connectivity index (χ3n) is 2.43. The van der Waals surface area contributed by atoms with Crippen LogP contribution in [0.3, 0.4) is 0 Å². The van der Waals surface area contributed by atoms with Crippen LogP contribution in [0.4, 0.5) is 0 Å². The van der Waals surface area contributed by atoms with Crippen molar-refractivity contribution in [3.63, 3.8) is 0 Å². The van der Waals surface area contributed by atoms with Crippen LogP contribution >= 0.6 is 0 Å². The van der Waals surface area contributed by atoms with Crippen molar-refractivity contribution >= 4 is 5.97 Å². The molecule has 0 aromatic rings. The summed E-state index contributed by atoms with van der Waals surface area (Å²) in [5, 5.41) is 20.5. The number of hydrogen-bond donors (Lipinski definition) is 3. The van der Waals surface area contributed by atoms with Crippen molar-refractivity contribution in [1.82, 2.24) is 5.32 Å². The van der Waals surface area contributed by atoms with Crippen molar-refractivity contribution in [2.45, 2.75) is 39.2 Å². The molecule has 0 bridgehead atoms. The van der Waals surface area contributed by atoms with Gasteiger partial charge in [-0.15, -0.1) is 0 Å². The first-order valence-corrected chi connectivity index (χ1v) is 5.14.